The third-order valence-electron chi connectivity index (χ3n) is 1.11. The zero-order valence-corrected chi connectivity index (χ0v) is 5.80. The summed E-state index contributed by atoms with van der Waals surface area (Å²) in [6.45, 7) is 0.0543. The van der Waals surface area contributed by atoms with E-state index in [1.807, 2.05) is 0 Å². The number of nitrogens with two attached hydrogens (primary N) is 2. The second kappa shape index (κ2) is 4.93. The molecular weight excluding hydrogens is 132 g/mol. The average Bonchev–Trinajstić information content (AvgIpc) is 1.87. The highest BCUT2D eigenvalue weighted by atomic mass is 16.1. The molecule has 0 spiro atoms. The van der Waals surface area contributed by atoms with E-state index in [1.54, 1.807) is 0 Å². The Kier molecular flexibility index (Phi) is 4.49. The Morgan fingerprint density at radius 1 is 1.20 bits per heavy atom. The minimum Gasteiger partial charge on any atom is -0.370 e. The number of ketones is 1. The summed E-state index contributed by atoms with van der Waals surface area (Å²) in [7, 11) is 0. The van der Waals surface area contributed by atoms with Gasteiger partial charge >= 0.3 is 0 Å². The average molecular weight is 144 g/mol. The summed E-state index contributed by atoms with van der Waals surface area (Å²) in [4.78, 5) is 20.7. The van der Waals surface area contributed by atoms with Crippen LogP contribution < -0.4 is 11.5 Å². The van der Waals surface area contributed by atoms with E-state index in [1.165, 1.54) is 0 Å². The van der Waals surface area contributed by atoms with Gasteiger partial charge in [-0.1, -0.05) is 0 Å². The zero-order valence-electron chi connectivity index (χ0n) is 5.80. The van der Waals surface area contributed by atoms with Gasteiger partial charge in [0.25, 0.3) is 0 Å². The van der Waals surface area contributed by atoms with Gasteiger partial charge in [0.2, 0.25) is 5.91 Å². The van der Waals surface area contributed by atoms with Crippen LogP contribution in [0, 0.1) is 0 Å². The molecule has 4 nitrogen and oxygen atoms in total. The van der Waals surface area contributed by atoms with Crippen LogP contribution in [0.3, 0.4) is 0 Å². The number of rotatable bonds is 5. The first-order valence-electron chi connectivity index (χ1n) is 3.17. The topological polar surface area (TPSA) is 86.2 Å². The molecule has 0 saturated heterocycles. The Labute approximate surface area is 59.6 Å². The van der Waals surface area contributed by atoms with E-state index in [9.17, 15) is 9.59 Å². The summed E-state index contributed by atoms with van der Waals surface area (Å²) < 4.78 is 0. The van der Waals surface area contributed by atoms with Gasteiger partial charge in [-0.05, 0) is 6.42 Å². The van der Waals surface area contributed by atoms with Crippen molar-refractivity contribution in [1.29, 1.82) is 0 Å². The molecule has 0 rings (SSSR count). The van der Waals surface area contributed by atoms with Gasteiger partial charge in [0.15, 0.2) is 0 Å². The summed E-state index contributed by atoms with van der Waals surface area (Å²) in [5, 5.41) is 0. The van der Waals surface area contributed by atoms with E-state index in [-0.39, 0.29) is 24.7 Å². The van der Waals surface area contributed by atoms with Crippen LogP contribution in [0.25, 0.3) is 0 Å². The van der Waals surface area contributed by atoms with Crippen LogP contribution in [0.1, 0.15) is 19.3 Å². The molecule has 58 valence electrons. The molecular formula is C6H12N2O2. The van der Waals surface area contributed by atoms with Crippen molar-refractivity contribution >= 4 is 11.7 Å². The van der Waals surface area contributed by atoms with Crippen molar-refractivity contribution in [3.05, 3.63) is 0 Å². The second-order valence-electron chi connectivity index (χ2n) is 2.06. The van der Waals surface area contributed by atoms with E-state index < -0.39 is 0 Å². The Balaban J connectivity index is 3.20. The fourth-order valence-corrected chi connectivity index (χ4v) is 0.562. The minimum absolute atomic E-state index is 0.0266. The Hall–Kier alpha value is -0.900. The Morgan fingerprint density at radius 3 is 2.20 bits per heavy atom. The summed E-state index contributed by atoms with van der Waals surface area (Å²) >= 11 is 0. The maximum atomic E-state index is 10.5. The van der Waals surface area contributed by atoms with Crippen LogP contribution in [-0.2, 0) is 9.59 Å². The van der Waals surface area contributed by atoms with Crippen molar-refractivity contribution in [3.8, 4) is 0 Å². The molecule has 4 N–H and O–H groups in total. The Bertz CT molecular complexity index is 134. The molecule has 0 aliphatic rings. The fourth-order valence-electron chi connectivity index (χ4n) is 0.562. The standard InChI is InChI=1S/C6H12N2O2/c7-4-5(9)2-1-3-6(8)10/h1-4,7H2,(H2,8,10). The predicted octanol–water partition coefficient (Wildman–Crippen LogP) is -0.830. The SMILES string of the molecule is NCC(=O)CCCC(N)=O. The van der Waals surface area contributed by atoms with E-state index in [4.69, 9.17) is 11.5 Å². The lowest BCUT2D eigenvalue weighted by molar-refractivity contribution is -0.119. The number of carbonyl (C=O) groups is 2. The molecule has 4 heteroatoms. The predicted molar refractivity (Wildman–Crippen MR) is 37.1 cm³/mol. The Morgan fingerprint density at radius 2 is 1.80 bits per heavy atom. The van der Waals surface area contributed by atoms with Crippen LogP contribution in [0.5, 0.6) is 0 Å². The molecule has 0 aromatic heterocycles. The molecule has 0 heterocycles. The smallest absolute Gasteiger partial charge is 0.217 e. The zero-order chi connectivity index (χ0) is 7.98. The van der Waals surface area contributed by atoms with Crippen molar-refractivity contribution < 1.29 is 9.59 Å². The monoisotopic (exact) mass is 144 g/mol. The van der Waals surface area contributed by atoms with Crippen molar-refractivity contribution in [2.45, 2.75) is 19.3 Å². The molecule has 0 aromatic carbocycles. The first kappa shape index (κ1) is 9.10. The van der Waals surface area contributed by atoms with Gasteiger partial charge in [0.05, 0.1) is 6.54 Å². The summed E-state index contributed by atoms with van der Waals surface area (Å²) in [6, 6.07) is 0. The van der Waals surface area contributed by atoms with E-state index in [2.05, 4.69) is 0 Å². The molecule has 0 radical (unpaired) electrons. The number of Topliss-reactive ketones (excluding diaryl/α,β-unsaturated/α-hetero) is 1. The molecule has 0 bridgehead atoms. The maximum absolute atomic E-state index is 10.5. The van der Waals surface area contributed by atoms with E-state index in [0.717, 1.165) is 0 Å². The molecule has 1 amide bonds. The number of hydrogen-bond donors (Lipinski definition) is 2. The lowest BCUT2D eigenvalue weighted by Crippen LogP contribution is -2.15. The van der Waals surface area contributed by atoms with Crippen LogP contribution in [-0.4, -0.2) is 18.2 Å². The van der Waals surface area contributed by atoms with Gasteiger partial charge in [0, 0.05) is 12.8 Å². The van der Waals surface area contributed by atoms with Crippen molar-refractivity contribution in [2.75, 3.05) is 6.54 Å². The molecule has 0 atom stereocenters. The first-order chi connectivity index (χ1) is 4.66. The number of hydrogen-bond acceptors (Lipinski definition) is 3. The summed E-state index contributed by atoms with van der Waals surface area (Å²) in [5.74, 6) is -0.397. The lowest BCUT2D eigenvalue weighted by atomic mass is 10.2. The molecule has 0 aliphatic carbocycles. The molecule has 0 saturated carbocycles. The highest BCUT2D eigenvalue weighted by molar-refractivity contribution is 5.81. The van der Waals surface area contributed by atoms with Crippen LogP contribution in [0.4, 0.5) is 0 Å². The number of carbonyl (C=O) groups excluding carboxylic acids is 2. The first-order valence-corrected chi connectivity index (χ1v) is 3.17. The largest absolute Gasteiger partial charge is 0.370 e. The molecule has 0 aromatic rings. The third-order valence-corrected chi connectivity index (χ3v) is 1.11. The van der Waals surface area contributed by atoms with Crippen LogP contribution >= 0.6 is 0 Å². The summed E-state index contributed by atoms with van der Waals surface area (Å²) in [5.41, 5.74) is 9.86. The van der Waals surface area contributed by atoms with Gasteiger partial charge in [-0.3, -0.25) is 9.59 Å². The third kappa shape index (κ3) is 5.24. The van der Waals surface area contributed by atoms with E-state index in [0.29, 0.717) is 12.8 Å². The van der Waals surface area contributed by atoms with Crippen LogP contribution in [0.2, 0.25) is 0 Å². The van der Waals surface area contributed by atoms with Gasteiger partial charge in [-0.25, -0.2) is 0 Å². The van der Waals surface area contributed by atoms with Crippen molar-refractivity contribution in [1.82, 2.24) is 0 Å². The molecule has 0 unspecified atom stereocenters. The molecule has 0 fully saturated rings. The van der Waals surface area contributed by atoms with Gasteiger partial charge in [-0.15, -0.1) is 0 Å². The van der Waals surface area contributed by atoms with Gasteiger partial charge in [0.1, 0.15) is 5.78 Å². The quantitative estimate of drug-likeness (QED) is 0.528. The minimum atomic E-state index is -0.371. The number of amides is 1. The van der Waals surface area contributed by atoms with Gasteiger partial charge in [-0.2, -0.15) is 0 Å². The molecule has 10 heavy (non-hydrogen) atoms. The van der Waals surface area contributed by atoms with Crippen molar-refractivity contribution in [3.63, 3.8) is 0 Å². The van der Waals surface area contributed by atoms with Crippen molar-refractivity contribution in [2.24, 2.45) is 11.5 Å². The normalized spacial score (nSPS) is 9.30. The molecule has 0 aliphatic heterocycles. The highest BCUT2D eigenvalue weighted by Gasteiger charge is 1.99. The van der Waals surface area contributed by atoms with Crippen LogP contribution in [0.15, 0.2) is 0 Å². The highest BCUT2D eigenvalue weighted by Crippen LogP contribution is 1.93. The second-order valence-corrected chi connectivity index (χ2v) is 2.06. The summed E-state index contributed by atoms with van der Waals surface area (Å²) in [6.07, 6.45) is 1.15. The van der Waals surface area contributed by atoms with E-state index >= 15 is 0 Å². The lowest BCUT2D eigenvalue weighted by Gasteiger charge is -1.93. The fraction of sp³-hybridized carbons (Fsp3) is 0.667. The maximum Gasteiger partial charge on any atom is 0.217 e. The van der Waals surface area contributed by atoms with Gasteiger partial charge < -0.3 is 11.5 Å². The number of primary amides is 1.